The third-order valence-electron chi connectivity index (χ3n) is 7.27. The number of benzene rings is 2. The van der Waals surface area contributed by atoms with Crippen molar-refractivity contribution in [2.45, 2.75) is 51.6 Å². The fraction of sp³-hybridized carbons (Fsp3) is 0.370. The van der Waals surface area contributed by atoms with Gasteiger partial charge in [0.25, 0.3) is 0 Å². The molecule has 0 bridgehead atoms. The number of ketones is 1. The number of allylic oxidation sites excluding steroid dienone is 1. The molecule has 0 radical (unpaired) electrons. The first-order valence-corrected chi connectivity index (χ1v) is 11.6. The predicted molar refractivity (Wildman–Crippen MR) is 125 cm³/mol. The molecule has 0 saturated heterocycles. The third-order valence-corrected chi connectivity index (χ3v) is 7.27. The number of hydrogen-bond donors (Lipinski definition) is 0. The van der Waals surface area contributed by atoms with Crippen LogP contribution in [0.1, 0.15) is 59.2 Å². The van der Waals surface area contributed by atoms with Crippen LogP contribution in [0.4, 0.5) is 0 Å². The Morgan fingerprint density at radius 3 is 2.75 bits per heavy atom. The molecule has 3 aliphatic rings. The van der Waals surface area contributed by atoms with Gasteiger partial charge >= 0.3 is 0 Å². The van der Waals surface area contributed by atoms with Crippen LogP contribution in [0.5, 0.6) is 11.5 Å². The number of ether oxygens (including phenoxy) is 2. The van der Waals surface area contributed by atoms with Crippen LogP contribution in [0.3, 0.4) is 0 Å². The first-order valence-electron chi connectivity index (χ1n) is 11.6. The van der Waals surface area contributed by atoms with Gasteiger partial charge in [0, 0.05) is 53.4 Å². The molecule has 0 amide bonds. The summed E-state index contributed by atoms with van der Waals surface area (Å²) in [6.45, 7) is 3.45. The van der Waals surface area contributed by atoms with Crippen molar-refractivity contribution < 1.29 is 14.3 Å². The number of nitrogens with zero attached hydrogens (tertiary/aromatic N) is 2. The third kappa shape index (κ3) is 3.06. The van der Waals surface area contributed by atoms with E-state index in [2.05, 4.69) is 21.6 Å². The molecule has 1 fully saturated rings. The summed E-state index contributed by atoms with van der Waals surface area (Å²) in [5, 5.41) is 1.11. The Morgan fingerprint density at radius 2 is 1.91 bits per heavy atom. The van der Waals surface area contributed by atoms with Crippen molar-refractivity contribution in [2.75, 3.05) is 6.73 Å². The highest BCUT2D eigenvalue weighted by Gasteiger charge is 2.35. The Bertz CT molecular complexity index is 1260. The van der Waals surface area contributed by atoms with Gasteiger partial charge in [-0.2, -0.15) is 0 Å². The molecule has 0 N–H and O–H groups in total. The van der Waals surface area contributed by atoms with Crippen molar-refractivity contribution in [1.29, 1.82) is 0 Å². The molecule has 164 valence electrons. The van der Waals surface area contributed by atoms with Gasteiger partial charge in [0.2, 0.25) is 5.78 Å². The average Bonchev–Trinajstić information content (AvgIpc) is 3.31. The minimum atomic E-state index is -0.0476. The van der Waals surface area contributed by atoms with Gasteiger partial charge < -0.3 is 14.0 Å². The van der Waals surface area contributed by atoms with E-state index in [9.17, 15) is 4.79 Å². The van der Waals surface area contributed by atoms with Crippen LogP contribution in [0.25, 0.3) is 17.0 Å². The van der Waals surface area contributed by atoms with Crippen molar-refractivity contribution in [1.82, 2.24) is 9.47 Å². The van der Waals surface area contributed by atoms with Gasteiger partial charge in [-0.25, -0.2) is 0 Å². The average molecular weight is 429 g/mol. The van der Waals surface area contributed by atoms with Crippen LogP contribution in [0.15, 0.2) is 42.3 Å². The fourth-order valence-electron chi connectivity index (χ4n) is 5.58. The van der Waals surface area contributed by atoms with E-state index in [1.54, 1.807) is 0 Å². The number of aromatic nitrogens is 1. The molecule has 6 rings (SSSR count). The second kappa shape index (κ2) is 7.52. The summed E-state index contributed by atoms with van der Waals surface area (Å²) in [7, 11) is 2.02. The van der Waals surface area contributed by atoms with Crippen molar-refractivity contribution in [3.8, 4) is 11.5 Å². The number of carbonyl (C=O) groups excluding carboxylic acids is 1. The Balaban J connectivity index is 1.34. The maximum absolute atomic E-state index is 13.3. The minimum Gasteiger partial charge on any atom is -0.477 e. The van der Waals surface area contributed by atoms with E-state index in [0.717, 1.165) is 39.9 Å². The Morgan fingerprint density at radius 1 is 1.09 bits per heavy atom. The lowest BCUT2D eigenvalue weighted by Gasteiger charge is -2.37. The number of fused-ring (bicyclic) bond motifs is 3. The topological polar surface area (TPSA) is 43.7 Å². The summed E-state index contributed by atoms with van der Waals surface area (Å²) in [6, 6.07) is 10.8. The zero-order valence-electron chi connectivity index (χ0n) is 18.7. The number of aryl methyl sites for hydroxylation is 1. The molecule has 1 aliphatic carbocycles. The summed E-state index contributed by atoms with van der Waals surface area (Å²) in [6.07, 6.45) is 10.3. The van der Waals surface area contributed by atoms with Crippen molar-refractivity contribution in [3.05, 3.63) is 64.5 Å². The van der Waals surface area contributed by atoms with E-state index in [1.807, 2.05) is 44.4 Å². The van der Waals surface area contributed by atoms with Gasteiger partial charge in [-0.15, -0.1) is 0 Å². The standard InChI is InChI=1S/C27H28N2O3/c1-17-26-19(15-29(16-31-26)20-8-4-3-5-9-20)12-22-25(30)24(32-27(17)22)13-18-14-28(2)23-11-7-6-10-21(18)23/h6-7,10-14,20H,3-5,8-9,15-16H2,1-2H3/b24-13-. The number of para-hydroxylation sites is 1. The van der Waals surface area contributed by atoms with E-state index >= 15 is 0 Å². The van der Waals surface area contributed by atoms with Crippen LogP contribution >= 0.6 is 0 Å². The molecule has 3 aromatic rings. The maximum atomic E-state index is 13.3. The smallest absolute Gasteiger partial charge is 0.231 e. The summed E-state index contributed by atoms with van der Waals surface area (Å²) < 4.78 is 14.4. The quantitative estimate of drug-likeness (QED) is 0.499. The van der Waals surface area contributed by atoms with Gasteiger partial charge in [0.05, 0.1) is 5.56 Å². The van der Waals surface area contributed by atoms with Crippen LogP contribution < -0.4 is 9.47 Å². The molecule has 5 nitrogen and oxygen atoms in total. The summed E-state index contributed by atoms with van der Waals surface area (Å²) >= 11 is 0. The molecular weight excluding hydrogens is 400 g/mol. The normalized spacial score (nSPS) is 20.3. The lowest BCUT2D eigenvalue weighted by molar-refractivity contribution is 0.0397. The van der Waals surface area contributed by atoms with E-state index in [-0.39, 0.29) is 5.78 Å². The fourth-order valence-corrected chi connectivity index (χ4v) is 5.58. The monoisotopic (exact) mass is 428 g/mol. The van der Waals surface area contributed by atoms with Crippen LogP contribution in [-0.2, 0) is 13.6 Å². The highest BCUT2D eigenvalue weighted by Crippen LogP contribution is 2.44. The number of rotatable bonds is 2. The molecule has 0 spiro atoms. The van der Waals surface area contributed by atoms with Crippen LogP contribution in [0.2, 0.25) is 0 Å². The highest BCUT2D eigenvalue weighted by atomic mass is 16.5. The van der Waals surface area contributed by atoms with Crippen LogP contribution in [-0.4, -0.2) is 28.0 Å². The molecule has 32 heavy (non-hydrogen) atoms. The zero-order valence-corrected chi connectivity index (χ0v) is 18.7. The number of carbonyl (C=O) groups is 1. The Kier molecular flexibility index (Phi) is 4.61. The molecule has 1 saturated carbocycles. The van der Waals surface area contributed by atoms with Gasteiger partial charge in [0.1, 0.15) is 18.2 Å². The van der Waals surface area contributed by atoms with E-state index < -0.39 is 0 Å². The molecule has 5 heteroatoms. The summed E-state index contributed by atoms with van der Waals surface area (Å²) in [4.78, 5) is 15.7. The molecule has 1 aromatic heterocycles. The maximum Gasteiger partial charge on any atom is 0.231 e. The zero-order chi connectivity index (χ0) is 21.8. The first-order chi connectivity index (χ1) is 15.6. The minimum absolute atomic E-state index is 0.0476. The van der Waals surface area contributed by atoms with E-state index in [0.29, 0.717) is 29.8 Å². The van der Waals surface area contributed by atoms with Gasteiger partial charge in [-0.05, 0) is 38.0 Å². The van der Waals surface area contributed by atoms with Crippen LogP contribution in [0, 0.1) is 6.92 Å². The molecule has 0 atom stereocenters. The Labute approximate surface area is 188 Å². The van der Waals surface area contributed by atoms with Gasteiger partial charge in [0.15, 0.2) is 5.76 Å². The molecule has 2 aromatic carbocycles. The van der Waals surface area contributed by atoms with Gasteiger partial charge in [-0.1, -0.05) is 37.5 Å². The van der Waals surface area contributed by atoms with E-state index in [1.165, 1.54) is 32.1 Å². The molecule has 3 heterocycles. The van der Waals surface area contributed by atoms with Gasteiger partial charge in [-0.3, -0.25) is 9.69 Å². The van der Waals surface area contributed by atoms with Crippen molar-refractivity contribution in [3.63, 3.8) is 0 Å². The van der Waals surface area contributed by atoms with Crippen molar-refractivity contribution >= 4 is 22.8 Å². The largest absolute Gasteiger partial charge is 0.477 e. The Hall–Kier alpha value is -3.05. The molecule has 2 aliphatic heterocycles. The first kappa shape index (κ1) is 19.6. The predicted octanol–water partition coefficient (Wildman–Crippen LogP) is 5.59. The highest BCUT2D eigenvalue weighted by molar-refractivity contribution is 6.15. The second-order valence-electron chi connectivity index (χ2n) is 9.33. The lowest BCUT2D eigenvalue weighted by atomic mass is 9.93. The number of hydrogen-bond acceptors (Lipinski definition) is 4. The molecule has 0 unspecified atom stereocenters. The lowest BCUT2D eigenvalue weighted by Crippen LogP contribution is -2.41. The summed E-state index contributed by atoms with van der Waals surface area (Å²) in [5.74, 6) is 1.86. The van der Waals surface area contributed by atoms with Crippen molar-refractivity contribution in [2.24, 2.45) is 7.05 Å². The molecular formula is C27H28N2O3. The summed E-state index contributed by atoms with van der Waals surface area (Å²) in [5.41, 5.74) is 4.80. The number of Topliss-reactive ketones (excluding diaryl/α,β-unsaturated/α-hetero) is 1. The second-order valence-corrected chi connectivity index (χ2v) is 9.33. The van der Waals surface area contributed by atoms with E-state index in [4.69, 9.17) is 9.47 Å². The SMILES string of the molecule is Cc1c2c(cc3c1O/C(=C\c1cn(C)c4ccccc14)C3=O)CN(C1CCCCC1)CO2.